The van der Waals surface area contributed by atoms with Gasteiger partial charge < -0.3 is 9.73 Å². The fourth-order valence-corrected chi connectivity index (χ4v) is 2.22. The van der Waals surface area contributed by atoms with Gasteiger partial charge in [0.15, 0.2) is 0 Å². The van der Waals surface area contributed by atoms with E-state index in [0.29, 0.717) is 6.04 Å². The summed E-state index contributed by atoms with van der Waals surface area (Å²) < 4.78 is 5.55. The van der Waals surface area contributed by atoms with E-state index in [-0.39, 0.29) is 0 Å². The van der Waals surface area contributed by atoms with E-state index in [4.69, 9.17) is 4.42 Å². The van der Waals surface area contributed by atoms with Crippen LogP contribution in [0.15, 0.2) is 4.42 Å². The fraction of sp³-hybridized carbons (Fsp3) is 0.833. The number of nitrogens with one attached hydrogen (secondary N) is 1. The van der Waals surface area contributed by atoms with Crippen molar-refractivity contribution in [2.45, 2.75) is 45.7 Å². The molecule has 1 unspecified atom stereocenters. The van der Waals surface area contributed by atoms with Crippen LogP contribution in [-0.4, -0.2) is 40.8 Å². The normalized spacial score (nSPS) is 20.3. The Hall–Kier alpha value is -0.940. The lowest BCUT2D eigenvalue weighted by Crippen LogP contribution is -2.37. The topological polar surface area (TPSA) is 54.2 Å². The van der Waals surface area contributed by atoms with Crippen molar-refractivity contribution >= 4 is 0 Å². The van der Waals surface area contributed by atoms with E-state index in [1.165, 1.54) is 12.8 Å². The van der Waals surface area contributed by atoms with Crippen molar-refractivity contribution in [3.8, 4) is 0 Å². The molecule has 0 bridgehead atoms. The Kier molecular flexibility index (Phi) is 4.50. The molecule has 0 spiro atoms. The molecule has 1 fully saturated rings. The van der Waals surface area contributed by atoms with Gasteiger partial charge in [0.25, 0.3) is 0 Å². The Balaban J connectivity index is 1.85. The largest absolute Gasteiger partial charge is 0.424 e. The zero-order chi connectivity index (χ0) is 12.1. The van der Waals surface area contributed by atoms with E-state index in [9.17, 15) is 0 Å². The minimum Gasteiger partial charge on any atom is -0.424 e. The maximum Gasteiger partial charge on any atom is 0.230 e. The SMILES string of the molecule is CCc1nnc(CN(CC)CC2CCCN2)o1. The van der Waals surface area contributed by atoms with Crippen molar-refractivity contribution in [2.24, 2.45) is 0 Å². The molecule has 1 atom stereocenters. The van der Waals surface area contributed by atoms with Gasteiger partial charge in [-0.1, -0.05) is 13.8 Å². The summed E-state index contributed by atoms with van der Waals surface area (Å²) in [5, 5.41) is 11.6. The van der Waals surface area contributed by atoms with Gasteiger partial charge in [0, 0.05) is 19.0 Å². The second-order valence-corrected chi connectivity index (χ2v) is 4.56. The lowest BCUT2D eigenvalue weighted by atomic mass is 10.2. The molecule has 1 aliphatic rings. The fourth-order valence-electron chi connectivity index (χ4n) is 2.22. The van der Waals surface area contributed by atoms with Gasteiger partial charge in [0.05, 0.1) is 6.54 Å². The van der Waals surface area contributed by atoms with Gasteiger partial charge in [-0.15, -0.1) is 10.2 Å². The van der Waals surface area contributed by atoms with Crippen LogP contribution in [0.3, 0.4) is 0 Å². The van der Waals surface area contributed by atoms with Gasteiger partial charge in [-0.25, -0.2) is 0 Å². The molecule has 1 aromatic heterocycles. The van der Waals surface area contributed by atoms with Crippen LogP contribution in [0, 0.1) is 0 Å². The number of hydrogen-bond donors (Lipinski definition) is 1. The number of hydrogen-bond acceptors (Lipinski definition) is 5. The molecule has 0 aliphatic carbocycles. The summed E-state index contributed by atoms with van der Waals surface area (Å²) in [5.74, 6) is 1.47. The highest BCUT2D eigenvalue weighted by Gasteiger charge is 2.18. The van der Waals surface area contributed by atoms with E-state index in [0.717, 1.165) is 44.4 Å². The van der Waals surface area contributed by atoms with Crippen LogP contribution in [-0.2, 0) is 13.0 Å². The third-order valence-electron chi connectivity index (χ3n) is 3.26. The van der Waals surface area contributed by atoms with E-state index >= 15 is 0 Å². The molecule has 0 amide bonds. The van der Waals surface area contributed by atoms with Crippen molar-refractivity contribution < 1.29 is 4.42 Å². The molecule has 2 rings (SSSR count). The van der Waals surface area contributed by atoms with Gasteiger partial charge in [-0.2, -0.15) is 0 Å². The minimum absolute atomic E-state index is 0.628. The Morgan fingerprint density at radius 3 is 2.76 bits per heavy atom. The molecule has 1 N–H and O–H groups in total. The van der Waals surface area contributed by atoms with Gasteiger partial charge in [0.1, 0.15) is 0 Å². The van der Waals surface area contributed by atoms with E-state index in [2.05, 4.69) is 27.3 Å². The minimum atomic E-state index is 0.628. The lowest BCUT2D eigenvalue weighted by molar-refractivity contribution is 0.228. The molecule has 17 heavy (non-hydrogen) atoms. The average Bonchev–Trinajstić information content (AvgIpc) is 2.99. The summed E-state index contributed by atoms with van der Waals surface area (Å²) in [7, 11) is 0. The average molecular weight is 238 g/mol. The monoisotopic (exact) mass is 238 g/mol. The first kappa shape index (κ1) is 12.5. The highest BCUT2D eigenvalue weighted by atomic mass is 16.4. The van der Waals surface area contributed by atoms with Crippen molar-refractivity contribution in [3.05, 3.63) is 11.8 Å². The Bertz CT molecular complexity index is 333. The zero-order valence-corrected chi connectivity index (χ0v) is 10.8. The number of rotatable bonds is 6. The molecule has 96 valence electrons. The molecular formula is C12H22N4O. The summed E-state index contributed by atoms with van der Waals surface area (Å²) >= 11 is 0. The molecule has 5 nitrogen and oxygen atoms in total. The molecular weight excluding hydrogens is 216 g/mol. The van der Waals surface area contributed by atoms with Gasteiger partial charge in [-0.05, 0) is 25.9 Å². The van der Waals surface area contributed by atoms with Crippen LogP contribution in [0.25, 0.3) is 0 Å². The predicted molar refractivity (Wildman–Crippen MR) is 65.7 cm³/mol. The number of aryl methyl sites for hydroxylation is 1. The first-order chi connectivity index (χ1) is 8.31. The highest BCUT2D eigenvalue weighted by Crippen LogP contribution is 2.10. The summed E-state index contributed by atoms with van der Waals surface area (Å²) in [4.78, 5) is 2.36. The van der Waals surface area contributed by atoms with Crippen molar-refractivity contribution in [1.82, 2.24) is 20.4 Å². The molecule has 0 aromatic carbocycles. The third-order valence-corrected chi connectivity index (χ3v) is 3.26. The van der Waals surface area contributed by atoms with Crippen LogP contribution in [0.1, 0.15) is 38.5 Å². The van der Waals surface area contributed by atoms with Crippen molar-refractivity contribution in [1.29, 1.82) is 0 Å². The number of likely N-dealkylation sites (N-methyl/N-ethyl adjacent to an activating group) is 1. The van der Waals surface area contributed by atoms with Gasteiger partial charge >= 0.3 is 0 Å². The molecule has 0 radical (unpaired) electrons. The summed E-state index contributed by atoms with van der Waals surface area (Å²) in [5.41, 5.74) is 0. The molecule has 5 heteroatoms. The maximum atomic E-state index is 5.55. The van der Waals surface area contributed by atoms with E-state index in [1.807, 2.05) is 6.92 Å². The van der Waals surface area contributed by atoms with Crippen LogP contribution in [0.4, 0.5) is 0 Å². The van der Waals surface area contributed by atoms with E-state index in [1.54, 1.807) is 0 Å². The Morgan fingerprint density at radius 1 is 1.35 bits per heavy atom. The maximum absolute atomic E-state index is 5.55. The quantitative estimate of drug-likeness (QED) is 0.807. The number of nitrogens with zero attached hydrogens (tertiary/aromatic N) is 3. The van der Waals surface area contributed by atoms with Crippen LogP contribution >= 0.6 is 0 Å². The lowest BCUT2D eigenvalue weighted by Gasteiger charge is -2.22. The second-order valence-electron chi connectivity index (χ2n) is 4.56. The first-order valence-electron chi connectivity index (χ1n) is 6.58. The third kappa shape index (κ3) is 3.51. The van der Waals surface area contributed by atoms with E-state index < -0.39 is 0 Å². The second kappa shape index (κ2) is 6.12. The molecule has 2 heterocycles. The smallest absolute Gasteiger partial charge is 0.230 e. The van der Waals surface area contributed by atoms with Gasteiger partial charge in [-0.3, -0.25) is 4.90 Å². The Labute approximate surface area is 103 Å². The molecule has 0 saturated carbocycles. The Morgan fingerprint density at radius 2 is 2.18 bits per heavy atom. The molecule has 1 aliphatic heterocycles. The van der Waals surface area contributed by atoms with Crippen molar-refractivity contribution in [3.63, 3.8) is 0 Å². The molecule has 1 aromatic rings. The standard InChI is InChI=1S/C12H22N4O/c1-3-11-14-15-12(17-11)9-16(4-2)8-10-6-5-7-13-10/h10,13H,3-9H2,1-2H3. The zero-order valence-electron chi connectivity index (χ0n) is 10.8. The van der Waals surface area contributed by atoms with Crippen molar-refractivity contribution in [2.75, 3.05) is 19.6 Å². The predicted octanol–water partition coefficient (Wildman–Crippen LogP) is 1.21. The van der Waals surface area contributed by atoms with Crippen LogP contribution in [0.2, 0.25) is 0 Å². The van der Waals surface area contributed by atoms with Crippen LogP contribution < -0.4 is 5.32 Å². The summed E-state index contributed by atoms with van der Waals surface area (Å²) in [6.07, 6.45) is 3.38. The van der Waals surface area contributed by atoms with Crippen LogP contribution in [0.5, 0.6) is 0 Å². The molecule has 1 saturated heterocycles. The summed E-state index contributed by atoms with van der Waals surface area (Å²) in [6.45, 7) is 8.20. The number of aromatic nitrogens is 2. The first-order valence-corrected chi connectivity index (χ1v) is 6.58. The summed E-state index contributed by atoms with van der Waals surface area (Å²) in [6, 6.07) is 0.628. The van der Waals surface area contributed by atoms with Gasteiger partial charge in [0.2, 0.25) is 11.8 Å². The highest BCUT2D eigenvalue weighted by molar-refractivity contribution is 4.83.